The van der Waals surface area contributed by atoms with Gasteiger partial charge in [0.2, 0.25) is 0 Å². The van der Waals surface area contributed by atoms with Crippen LogP contribution < -0.4 is 0 Å². The summed E-state index contributed by atoms with van der Waals surface area (Å²) in [5.41, 5.74) is 1.06. The maximum absolute atomic E-state index is 8.79. The van der Waals surface area contributed by atoms with Crippen molar-refractivity contribution in [2.75, 3.05) is 0 Å². The molecule has 1 atom stereocenters. The molecule has 1 rings (SSSR count). The van der Waals surface area contributed by atoms with Crippen LogP contribution in [0.2, 0.25) is 0 Å². The smallest absolute Gasteiger partial charge is 0.130 e. The van der Waals surface area contributed by atoms with E-state index in [1.807, 2.05) is 37.3 Å². The Bertz CT molecular complexity index is 271. The quantitative estimate of drug-likeness (QED) is 0.560. The van der Waals surface area contributed by atoms with Gasteiger partial charge in [-0.05, 0) is 12.5 Å². The zero-order valence-electron chi connectivity index (χ0n) is 6.21. The van der Waals surface area contributed by atoms with Crippen LogP contribution in [0.25, 0.3) is 0 Å². The fraction of sp³-hybridized carbons (Fsp3) is 0.222. The van der Waals surface area contributed by atoms with Gasteiger partial charge < -0.3 is 0 Å². The van der Waals surface area contributed by atoms with Crippen LogP contribution in [-0.2, 0) is 3.42 Å². The van der Waals surface area contributed by atoms with Gasteiger partial charge in [0.1, 0.15) is 3.42 Å². The van der Waals surface area contributed by atoms with E-state index < -0.39 is 0 Å². The summed E-state index contributed by atoms with van der Waals surface area (Å²) in [7, 11) is 0. The van der Waals surface area contributed by atoms with Crippen LogP contribution in [0, 0.1) is 11.3 Å². The van der Waals surface area contributed by atoms with Crippen LogP contribution in [-0.4, -0.2) is 0 Å². The monoisotopic (exact) mass is 257 g/mol. The van der Waals surface area contributed by atoms with E-state index in [1.165, 1.54) is 0 Å². The third-order valence-electron chi connectivity index (χ3n) is 1.53. The van der Waals surface area contributed by atoms with Crippen LogP contribution >= 0.6 is 22.6 Å². The van der Waals surface area contributed by atoms with E-state index >= 15 is 0 Å². The van der Waals surface area contributed by atoms with Crippen molar-refractivity contribution in [3.63, 3.8) is 0 Å². The van der Waals surface area contributed by atoms with E-state index in [-0.39, 0.29) is 3.42 Å². The number of benzene rings is 1. The van der Waals surface area contributed by atoms with Crippen LogP contribution in [0.15, 0.2) is 30.3 Å². The minimum atomic E-state index is -0.390. The van der Waals surface area contributed by atoms with E-state index in [4.69, 9.17) is 5.26 Å². The third-order valence-corrected chi connectivity index (χ3v) is 2.39. The molecule has 0 heterocycles. The summed E-state index contributed by atoms with van der Waals surface area (Å²) < 4.78 is -0.390. The maximum atomic E-state index is 8.79. The second-order valence-electron chi connectivity index (χ2n) is 2.48. The molecule has 1 aromatic rings. The molecule has 0 saturated heterocycles. The molecule has 0 aliphatic carbocycles. The Kier molecular flexibility index (Phi) is 2.50. The van der Waals surface area contributed by atoms with Crippen molar-refractivity contribution in [3.05, 3.63) is 35.9 Å². The predicted molar refractivity (Wildman–Crippen MR) is 53.4 cm³/mol. The molecule has 0 radical (unpaired) electrons. The van der Waals surface area contributed by atoms with Gasteiger partial charge in [0, 0.05) is 0 Å². The highest BCUT2D eigenvalue weighted by molar-refractivity contribution is 14.1. The Hall–Kier alpha value is -0.560. The molecular formula is C9H8IN. The molecule has 0 aromatic heterocycles. The summed E-state index contributed by atoms with van der Waals surface area (Å²) in [4.78, 5) is 0. The number of hydrogen-bond acceptors (Lipinski definition) is 1. The third kappa shape index (κ3) is 1.93. The first-order valence-corrected chi connectivity index (χ1v) is 4.40. The summed E-state index contributed by atoms with van der Waals surface area (Å²) in [5.74, 6) is 0. The first kappa shape index (κ1) is 8.54. The molecule has 56 valence electrons. The first-order chi connectivity index (χ1) is 5.17. The van der Waals surface area contributed by atoms with Crippen LogP contribution in [0.1, 0.15) is 12.5 Å². The highest BCUT2D eigenvalue weighted by Gasteiger charge is 2.20. The lowest BCUT2D eigenvalue weighted by Crippen LogP contribution is -2.08. The SMILES string of the molecule is CC(I)(C#N)c1ccccc1. The lowest BCUT2D eigenvalue weighted by molar-refractivity contribution is 0.942. The first-order valence-electron chi connectivity index (χ1n) is 3.32. The zero-order chi connectivity index (χ0) is 8.32. The standard InChI is InChI=1S/C9H8IN/c1-9(10,7-11)8-5-3-2-4-6-8/h2-6H,1H3. The molecule has 11 heavy (non-hydrogen) atoms. The summed E-state index contributed by atoms with van der Waals surface area (Å²) >= 11 is 2.14. The van der Waals surface area contributed by atoms with Crippen LogP contribution in [0.4, 0.5) is 0 Å². The zero-order valence-corrected chi connectivity index (χ0v) is 8.37. The van der Waals surface area contributed by atoms with Gasteiger partial charge in [-0.1, -0.05) is 52.9 Å². The molecule has 0 bridgehead atoms. The number of hydrogen-bond donors (Lipinski definition) is 0. The van der Waals surface area contributed by atoms with Crippen LogP contribution in [0.3, 0.4) is 0 Å². The highest BCUT2D eigenvalue weighted by Crippen LogP contribution is 2.29. The molecule has 0 spiro atoms. The molecule has 1 aromatic carbocycles. The van der Waals surface area contributed by atoms with Crippen molar-refractivity contribution in [1.29, 1.82) is 5.26 Å². The number of alkyl halides is 1. The normalized spacial score (nSPS) is 15.0. The maximum Gasteiger partial charge on any atom is 0.130 e. The molecule has 0 fully saturated rings. The molecule has 0 amide bonds. The largest absolute Gasteiger partial charge is 0.196 e. The molecule has 0 saturated carbocycles. The summed E-state index contributed by atoms with van der Waals surface area (Å²) in [6, 6.07) is 12.0. The van der Waals surface area contributed by atoms with Gasteiger partial charge in [0.15, 0.2) is 0 Å². The average Bonchev–Trinajstić information content (AvgIpc) is 2.06. The van der Waals surface area contributed by atoms with E-state index in [0.717, 1.165) is 5.56 Å². The van der Waals surface area contributed by atoms with Gasteiger partial charge in [-0.15, -0.1) is 0 Å². The van der Waals surface area contributed by atoms with Gasteiger partial charge in [-0.3, -0.25) is 0 Å². The Morgan fingerprint density at radius 1 is 1.36 bits per heavy atom. The Labute approximate surface area is 80.2 Å². The molecule has 0 aliphatic rings. The molecule has 0 aliphatic heterocycles. The topological polar surface area (TPSA) is 23.8 Å². The minimum absolute atomic E-state index is 0.390. The average molecular weight is 257 g/mol. The van der Waals surface area contributed by atoms with Crippen molar-refractivity contribution in [2.45, 2.75) is 10.3 Å². The number of nitriles is 1. The van der Waals surface area contributed by atoms with Crippen molar-refractivity contribution in [3.8, 4) is 6.07 Å². The molecule has 0 N–H and O–H groups in total. The molecule has 2 heteroatoms. The van der Waals surface area contributed by atoms with Gasteiger partial charge in [-0.2, -0.15) is 5.26 Å². The molecule has 1 nitrogen and oxygen atoms in total. The minimum Gasteiger partial charge on any atom is -0.196 e. The highest BCUT2D eigenvalue weighted by atomic mass is 127. The van der Waals surface area contributed by atoms with Crippen molar-refractivity contribution >= 4 is 22.6 Å². The van der Waals surface area contributed by atoms with Gasteiger partial charge >= 0.3 is 0 Å². The lowest BCUT2D eigenvalue weighted by Gasteiger charge is -2.12. The molecular weight excluding hydrogens is 249 g/mol. The lowest BCUT2D eigenvalue weighted by atomic mass is 10.0. The number of nitrogens with zero attached hydrogens (tertiary/aromatic N) is 1. The summed E-state index contributed by atoms with van der Waals surface area (Å²) in [6.07, 6.45) is 0. The fourth-order valence-corrected chi connectivity index (χ4v) is 1.18. The Morgan fingerprint density at radius 2 is 1.91 bits per heavy atom. The number of rotatable bonds is 1. The van der Waals surface area contributed by atoms with E-state index in [2.05, 4.69) is 28.7 Å². The predicted octanol–water partition coefficient (Wildman–Crippen LogP) is 2.86. The number of halogens is 1. The summed E-state index contributed by atoms with van der Waals surface area (Å²) in [6.45, 7) is 1.91. The van der Waals surface area contributed by atoms with E-state index in [9.17, 15) is 0 Å². The second kappa shape index (κ2) is 3.22. The van der Waals surface area contributed by atoms with Crippen molar-refractivity contribution in [2.24, 2.45) is 0 Å². The van der Waals surface area contributed by atoms with Crippen molar-refractivity contribution < 1.29 is 0 Å². The van der Waals surface area contributed by atoms with E-state index in [0.29, 0.717) is 0 Å². The fourth-order valence-electron chi connectivity index (χ4n) is 0.816. The summed E-state index contributed by atoms with van der Waals surface area (Å²) in [5, 5.41) is 8.79. The van der Waals surface area contributed by atoms with Crippen LogP contribution in [0.5, 0.6) is 0 Å². The van der Waals surface area contributed by atoms with Crippen molar-refractivity contribution in [1.82, 2.24) is 0 Å². The van der Waals surface area contributed by atoms with Gasteiger partial charge in [0.05, 0.1) is 6.07 Å². The van der Waals surface area contributed by atoms with Gasteiger partial charge in [0.25, 0.3) is 0 Å². The Morgan fingerprint density at radius 3 is 2.36 bits per heavy atom. The molecule has 1 unspecified atom stereocenters. The van der Waals surface area contributed by atoms with Gasteiger partial charge in [-0.25, -0.2) is 0 Å². The van der Waals surface area contributed by atoms with E-state index in [1.54, 1.807) is 0 Å². The second-order valence-corrected chi connectivity index (χ2v) is 4.64. The Balaban J connectivity index is 3.05.